The van der Waals surface area contributed by atoms with Crippen LogP contribution in [-0.4, -0.2) is 14.2 Å². The van der Waals surface area contributed by atoms with Crippen LogP contribution in [0.3, 0.4) is 0 Å². The molecule has 2 nitrogen and oxygen atoms in total. The van der Waals surface area contributed by atoms with Gasteiger partial charge in [-0.1, -0.05) is 40.2 Å². The molecule has 1 aromatic rings. The first-order chi connectivity index (χ1) is 7.69. The number of aryl methyl sites for hydroxylation is 1. The van der Waals surface area contributed by atoms with Crippen molar-refractivity contribution in [3.05, 3.63) is 23.8 Å². The maximum absolute atomic E-state index is 5.09. The molecule has 1 aromatic carbocycles. The molecular formula is C14H26O2. The minimum atomic E-state index is 0.776. The van der Waals surface area contributed by atoms with E-state index in [1.807, 2.05) is 39.0 Å². The van der Waals surface area contributed by atoms with Gasteiger partial charge in [-0.3, -0.25) is 0 Å². The van der Waals surface area contributed by atoms with E-state index in [-0.39, 0.29) is 0 Å². The Bertz CT molecular complexity index is 257. The smallest absolute Gasteiger partial charge is 0.160 e. The predicted molar refractivity (Wildman–Crippen MR) is 71.6 cm³/mol. The van der Waals surface area contributed by atoms with Gasteiger partial charge in [0.05, 0.1) is 14.2 Å². The molecule has 0 aliphatic carbocycles. The normalized spacial score (nSPS) is 7.94. The molecule has 0 amide bonds. The number of rotatable bonds is 2. The van der Waals surface area contributed by atoms with Crippen molar-refractivity contribution in [1.29, 1.82) is 0 Å². The Labute approximate surface area is 101 Å². The van der Waals surface area contributed by atoms with Crippen LogP contribution in [0.4, 0.5) is 0 Å². The molecule has 94 valence electrons. The van der Waals surface area contributed by atoms with Crippen LogP contribution in [0.5, 0.6) is 11.5 Å². The second kappa shape index (κ2) is 11.9. The third kappa shape index (κ3) is 7.16. The minimum Gasteiger partial charge on any atom is -0.493 e. The topological polar surface area (TPSA) is 18.5 Å². The lowest BCUT2D eigenvalue weighted by Gasteiger charge is -2.06. The van der Waals surface area contributed by atoms with Crippen LogP contribution < -0.4 is 9.47 Å². The average molecular weight is 226 g/mol. The molecule has 0 spiro atoms. The van der Waals surface area contributed by atoms with E-state index in [4.69, 9.17) is 9.47 Å². The summed E-state index contributed by atoms with van der Waals surface area (Å²) in [5.41, 5.74) is 1.17. The molecule has 0 bridgehead atoms. The van der Waals surface area contributed by atoms with Gasteiger partial charge < -0.3 is 9.47 Å². The van der Waals surface area contributed by atoms with Crippen molar-refractivity contribution >= 4 is 0 Å². The highest BCUT2D eigenvalue weighted by atomic mass is 16.5. The van der Waals surface area contributed by atoms with Crippen molar-refractivity contribution in [2.24, 2.45) is 0 Å². The third-order valence-electron chi connectivity index (χ3n) is 1.54. The highest BCUT2D eigenvalue weighted by Crippen LogP contribution is 2.26. The molecule has 16 heavy (non-hydrogen) atoms. The van der Waals surface area contributed by atoms with E-state index < -0.39 is 0 Å². The molecule has 1 rings (SSSR count). The zero-order chi connectivity index (χ0) is 13.0. The van der Waals surface area contributed by atoms with Crippen LogP contribution in [-0.2, 0) is 0 Å². The molecular weight excluding hydrogens is 200 g/mol. The molecule has 0 N–H and O–H groups in total. The monoisotopic (exact) mass is 226 g/mol. The Morgan fingerprint density at radius 1 is 0.938 bits per heavy atom. The first kappa shape index (κ1) is 17.2. The van der Waals surface area contributed by atoms with Crippen molar-refractivity contribution in [3.63, 3.8) is 0 Å². The first-order valence-corrected chi connectivity index (χ1v) is 5.88. The van der Waals surface area contributed by atoms with Gasteiger partial charge in [0, 0.05) is 0 Å². The number of ether oxygens (including phenoxy) is 2. The highest BCUT2D eigenvalue weighted by Gasteiger charge is 2.00. The summed E-state index contributed by atoms with van der Waals surface area (Å²) in [6.45, 7) is 10.3. The minimum absolute atomic E-state index is 0.776. The Kier molecular flexibility index (Phi) is 12.8. The zero-order valence-corrected chi connectivity index (χ0v) is 11.8. The standard InChI is InChI=1S/C9H12O2.C3H8.C2H6/c1-7-4-5-8(10-2)9(6-7)11-3;1-3-2;1-2/h4-6H,1-3H3;3H2,1-2H3;1-2H3. The van der Waals surface area contributed by atoms with Gasteiger partial charge in [0.15, 0.2) is 11.5 Å². The number of hydrogen-bond donors (Lipinski definition) is 0. The van der Waals surface area contributed by atoms with Crippen LogP contribution in [0.1, 0.15) is 39.7 Å². The summed E-state index contributed by atoms with van der Waals surface area (Å²) < 4.78 is 10.2. The largest absolute Gasteiger partial charge is 0.493 e. The van der Waals surface area contributed by atoms with Crippen molar-refractivity contribution in [2.45, 2.75) is 41.0 Å². The van der Waals surface area contributed by atoms with Crippen LogP contribution in [0.15, 0.2) is 18.2 Å². The van der Waals surface area contributed by atoms with E-state index in [1.165, 1.54) is 12.0 Å². The van der Waals surface area contributed by atoms with Crippen LogP contribution in [0.25, 0.3) is 0 Å². The summed E-state index contributed by atoms with van der Waals surface area (Å²) in [5, 5.41) is 0. The average Bonchev–Trinajstić information content (AvgIpc) is 2.32. The summed E-state index contributed by atoms with van der Waals surface area (Å²) in [4.78, 5) is 0. The lowest BCUT2D eigenvalue weighted by Crippen LogP contribution is -1.90. The van der Waals surface area contributed by atoms with Gasteiger partial charge in [-0.2, -0.15) is 0 Å². The Hall–Kier alpha value is -1.18. The van der Waals surface area contributed by atoms with Gasteiger partial charge in [0.2, 0.25) is 0 Å². The maximum Gasteiger partial charge on any atom is 0.160 e. The fourth-order valence-corrected chi connectivity index (χ4v) is 0.943. The molecule has 0 atom stereocenters. The van der Waals surface area contributed by atoms with E-state index in [0.29, 0.717) is 0 Å². The number of methoxy groups -OCH3 is 2. The Morgan fingerprint density at radius 2 is 1.38 bits per heavy atom. The quantitative estimate of drug-likeness (QED) is 0.741. The summed E-state index contributed by atoms with van der Waals surface area (Å²) in [7, 11) is 3.27. The van der Waals surface area contributed by atoms with Gasteiger partial charge in [-0.15, -0.1) is 0 Å². The molecule has 0 saturated carbocycles. The molecule has 0 aromatic heterocycles. The summed E-state index contributed by atoms with van der Waals surface area (Å²) in [5.74, 6) is 1.56. The summed E-state index contributed by atoms with van der Waals surface area (Å²) in [6, 6.07) is 5.83. The predicted octanol–water partition coefficient (Wildman–Crippen LogP) is 4.45. The van der Waals surface area contributed by atoms with E-state index >= 15 is 0 Å². The van der Waals surface area contributed by atoms with Crippen LogP contribution >= 0.6 is 0 Å². The Balaban J connectivity index is 0. The highest BCUT2D eigenvalue weighted by molar-refractivity contribution is 5.42. The fraction of sp³-hybridized carbons (Fsp3) is 0.571. The second-order valence-electron chi connectivity index (χ2n) is 3.07. The van der Waals surface area contributed by atoms with Gasteiger partial charge in [0.1, 0.15) is 0 Å². The van der Waals surface area contributed by atoms with E-state index in [0.717, 1.165) is 11.5 Å². The van der Waals surface area contributed by atoms with E-state index in [9.17, 15) is 0 Å². The summed E-state index contributed by atoms with van der Waals surface area (Å²) >= 11 is 0. The van der Waals surface area contributed by atoms with Crippen molar-refractivity contribution in [2.75, 3.05) is 14.2 Å². The third-order valence-corrected chi connectivity index (χ3v) is 1.54. The van der Waals surface area contributed by atoms with Gasteiger partial charge >= 0.3 is 0 Å². The van der Waals surface area contributed by atoms with Crippen molar-refractivity contribution in [3.8, 4) is 11.5 Å². The van der Waals surface area contributed by atoms with Gasteiger partial charge in [-0.25, -0.2) is 0 Å². The maximum atomic E-state index is 5.09. The molecule has 0 aliphatic rings. The van der Waals surface area contributed by atoms with E-state index in [1.54, 1.807) is 14.2 Å². The lowest BCUT2D eigenvalue weighted by molar-refractivity contribution is 0.354. The summed E-state index contributed by atoms with van der Waals surface area (Å²) in [6.07, 6.45) is 1.25. The van der Waals surface area contributed by atoms with E-state index in [2.05, 4.69) is 13.8 Å². The van der Waals surface area contributed by atoms with Crippen molar-refractivity contribution in [1.82, 2.24) is 0 Å². The van der Waals surface area contributed by atoms with Crippen molar-refractivity contribution < 1.29 is 9.47 Å². The molecule has 2 heteroatoms. The first-order valence-electron chi connectivity index (χ1n) is 5.88. The number of hydrogen-bond acceptors (Lipinski definition) is 2. The fourth-order valence-electron chi connectivity index (χ4n) is 0.943. The van der Waals surface area contributed by atoms with Crippen LogP contribution in [0, 0.1) is 6.92 Å². The lowest BCUT2D eigenvalue weighted by atomic mass is 10.2. The Morgan fingerprint density at radius 3 is 1.75 bits per heavy atom. The molecule has 0 saturated heterocycles. The van der Waals surface area contributed by atoms with Crippen LogP contribution in [0.2, 0.25) is 0 Å². The number of benzene rings is 1. The SMILES string of the molecule is CC.CCC.COc1ccc(C)cc1OC. The molecule has 0 heterocycles. The molecule has 0 fully saturated rings. The molecule has 0 aliphatic heterocycles. The van der Waals surface area contributed by atoms with Gasteiger partial charge in [-0.05, 0) is 24.6 Å². The molecule has 0 unspecified atom stereocenters. The van der Waals surface area contributed by atoms with Gasteiger partial charge in [0.25, 0.3) is 0 Å². The zero-order valence-electron chi connectivity index (χ0n) is 11.8. The molecule has 0 radical (unpaired) electrons. The second-order valence-corrected chi connectivity index (χ2v) is 3.07.